The zero-order valence-corrected chi connectivity index (χ0v) is 11.5. The molecule has 1 N–H and O–H groups in total. The van der Waals surface area contributed by atoms with E-state index in [0.717, 1.165) is 10.0 Å². The third-order valence-corrected chi connectivity index (χ3v) is 2.71. The first-order valence-corrected chi connectivity index (χ1v) is 6.08. The second-order valence-electron chi connectivity index (χ2n) is 3.21. The minimum atomic E-state index is -0.107. The molecule has 1 amide bonds. The van der Waals surface area contributed by atoms with Gasteiger partial charge in [0.25, 0.3) is 0 Å². The number of carbonyl (C=O) groups is 1. The third-order valence-electron chi connectivity index (χ3n) is 1.84. The van der Waals surface area contributed by atoms with Gasteiger partial charge in [0.05, 0.1) is 6.42 Å². The highest BCUT2D eigenvalue weighted by molar-refractivity contribution is 9.11. The minimum Gasteiger partial charge on any atom is -0.351 e. The maximum atomic E-state index is 11.5. The zero-order valence-electron chi connectivity index (χ0n) is 8.40. The molecule has 0 aromatic heterocycles. The average molecular weight is 323 g/mol. The van der Waals surface area contributed by atoms with Gasteiger partial charge in [-0.2, -0.15) is 0 Å². The quantitative estimate of drug-likeness (QED) is 0.902. The summed E-state index contributed by atoms with van der Waals surface area (Å²) in [4.78, 5) is 11.5. The Balaban J connectivity index is 2.59. The molecule has 0 saturated carbocycles. The summed E-state index contributed by atoms with van der Waals surface area (Å²) in [6.07, 6.45) is 0.232. The largest absolute Gasteiger partial charge is 0.351 e. The molecule has 16 heavy (non-hydrogen) atoms. The smallest absolute Gasteiger partial charge is 0.224 e. The van der Waals surface area contributed by atoms with E-state index in [4.69, 9.17) is 23.2 Å². The van der Waals surface area contributed by atoms with Crippen LogP contribution in [0.4, 0.5) is 0 Å². The van der Waals surface area contributed by atoms with Crippen LogP contribution < -0.4 is 5.32 Å². The average Bonchev–Trinajstić information content (AvgIpc) is 2.19. The Morgan fingerprint density at radius 2 is 2.12 bits per heavy atom. The first kappa shape index (κ1) is 13.6. The van der Waals surface area contributed by atoms with Gasteiger partial charge in [-0.1, -0.05) is 51.8 Å². The Bertz CT molecular complexity index is 420. The number of hydrogen-bond donors (Lipinski definition) is 1. The van der Waals surface area contributed by atoms with Gasteiger partial charge in [-0.05, 0) is 17.7 Å². The molecule has 0 fully saturated rings. The number of hydrogen-bond acceptors (Lipinski definition) is 1. The summed E-state index contributed by atoms with van der Waals surface area (Å²) >= 11 is 14.9. The molecular formula is C11H10BrCl2NO. The van der Waals surface area contributed by atoms with Crippen molar-refractivity contribution in [3.05, 3.63) is 44.9 Å². The van der Waals surface area contributed by atoms with Crippen LogP contribution in [-0.2, 0) is 11.2 Å². The summed E-state index contributed by atoms with van der Waals surface area (Å²) in [5.41, 5.74) is 0.753. The van der Waals surface area contributed by atoms with E-state index in [9.17, 15) is 4.79 Å². The van der Waals surface area contributed by atoms with Gasteiger partial charge in [0, 0.05) is 21.1 Å². The molecule has 0 radical (unpaired) electrons. The zero-order chi connectivity index (χ0) is 12.1. The van der Waals surface area contributed by atoms with Crippen molar-refractivity contribution in [2.45, 2.75) is 6.42 Å². The van der Waals surface area contributed by atoms with Gasteiger partial charge in [-0.15, -0.1) is 0 Å². The number of rotatable bonds is 4. The molecule has 0 heterocycles. The maximum Gasteiger partial charge on any atom is 0.224 e. The second-order valence-corrected chi connectivity index (χ2v) is 5.17. The maximum absolute atomic E-state index is 11.5. The second kappa shape index (κ2) is 6.28. The van der Waals surface area contributed by atoms with Crippen LogP contribution in [0.5, 0.6) is 0 Å². The fourth-order valence-corrected chi connectivity index (χ4v) is 1.71. The minimum absolute atomic E-state index is 0.107. The van der Waals surface area contributed by atoms with Gasteiger partial charge in [0.1, 0.15) is 0 Å². The molecule has 0 atom stereocenters. The van der Waals surface area contributed by atoms with Crippen molar-refractivity contribution in [3.63, 3.8) is 0 Å². The topological polar surface area (TPSA) is 29.1 Å². The number of halogens is 3. The van der Waals surface area contributed by atoms with Crippen molar-refractivity contribution in [2.75, 3.05) is 6.54 Å². The van der Waals surface area contributed by atoms with Crippen LogP contribution in [0.15, 0.2) is 29.3 Å². The SMILES string of the molecule is C=C(Br)CNC(=O)Cc1ccc(Cl)cc1Cl. The van der Waals surface area contributed by atoms with E-state index in [-0.39, 0.29) is 12.3 Å². The van der Waals surface area contributed by atoms with Crippen molar-refractivity contribution < 1.29 is 4.79 Å². The van der Waals surface area contributed by atoms with Crippen LogP contribution in [0.2, 0.25) is 10.0 Å². The summed E-state index contributed by atoms with van der Waals surface area (Å²) < 4.78 is 0.725. The first-order chi connectivity index (χ1) is 7.49. The third kappa shape index (κ3) is 4.56. The Morgan fingerprint density at radius 1 is 1.44 bits per heavy atom. The van der Waals surface area contributed by atoms with E-state index < -0.39 is 0 Å². The normalized spacial score (nSPS) is 9.94. The van der Waals surface area contributed by atoms with E-state index in [1.165, 1.54) is 0 Å². The Labute approximate surface area is 113 Å². The lowest BCUT2D eigenvalue weighted by Gasteiger charge is -2.06. The highest BCUT2D eigenvalue weighted by Crippen LogP contribution is 2.21. The predicted octanol–water partition coefficient (Wildman–Crippen LogP) is 3.56. The summed E-state index contributed by atoms with van der Waals surface area (Å²) in [5, 5.41) is 3.75. The molecule has 0 aliphatic rings. The molecule has 2 nitrogen and oxygen atoms in total. The molecule has 1 aromatic carbocycles. The number of carbonyl (C=O) groups excluding carboxylic acids is 1. The van der Waals surface area contributed by atoms with Gasteiger partial charge in [-0.3, -0.25) is 4.79 Å². The lowest BCUT2D eigenvalue weighted by atomic mass is 10.1. The summed E-state index contributed by atoms with van der Waals surface area (Å²) in [6, 6.07) is 5.07. The molecule has 0 spiro atoms. The lowest BCUT2D eigenvalue weighted by Crippen LogP contribution is -2.26. The van der Waals surface area contributed by atoms with E-state index in [1.54, 1.807) is 18.2 Å². The Morgan fingerprint density at radius 3 is 2.69 bits per heavy atom. The van der Waals surface area contributed by atoms with Gasteiger partial charge < -0.3 is 5.32 Å². The Hall–Kier alpha value is -0.510. The molecule has 1 rings (SSSR count). The summed E-state index contributed by atoms with van der Waals surface area (Å²) in [6.45, 7) is 4.03. The van der Waals surface area contributed by atoms with Gasteiger partial charge in [0.2, 0.25) is 5.91 Å². The highest BCUT2D eigenvalue weighted by atomic mass is 79.9. The van der Waals surface area contributed by atoms with E-state index in [2.05, 4.69) is 27.8 Å². The van der Waals surface area contributed by atoms with Crippen LogP contribution in [-0.4, -0.2) is 12.5 Å². The predicted molar refractivity (Wildman–Crippen MR) is 71.2 cm³/mol. The van der Waals surface area contributed by atoms with Crippen molar-refractivity contribution in [1.82, 2.24) is 5.32 Å². The molecule has 5 heteroatoms. The van der Waals surface area contributed by atoms with Crippen LogP contribution in [0.3, 0.4) is 0 Å². The monoisotopic (exact) mass is 321 g/mol. The van der Waals surface area contributed by atoms with Crippen LogP contribution >= 0.6 is 39.1 Å². The molecule has 0 bridgehead atoms. The molecule has 0 unspecified atom stereocenters. The molecular weight excluding hydrogens is 313 g/mol. The molecule has 0 aliphatic heterocycles. The number of amides is 1. The van der Waals surface area contributed by atoms with Crippen LogP contribution in [0, 0.1) is 0 Å². The molecule has 0 aliphatic carbocycles. The highest BCUT2D eigenvalue weighted by Gasteiger charge is 2.07. The van der Waals surface area contributed by atoms with Crippen molar-refractivity contribution in [3.8, 4) is 0 Å². The fraction of sp³-hybridized carbons (Fsp3) is 0.182. The molecule has 0 saturated heterocycles. The van der Waals surface area contributed by atoms with Gasteiger partial charge in [0.15, 0.2) is 0 Å². The summed E-state index contributed by atoms with van der Waals surface area (Å²) in [5.74, 6) is -0.107. The fourth-order valence-electron chi connectivity index (χ4n) is 1.10. The van der Waals surface area contributed by atoms with Crippen molar-refractivity contribution in [2.24, 2.45) is 0 Å². The van der Waals surface area contributed by atoms with Crippen LogP contribution in [0.1, 0.15) is 5.56 Å². The van der Waals surface area contributed by atoms with E-state index in [1.807, 2.05) is 0 Å². The number of nitrogens with one attached hydrogen (secondary N) is 1. The van der Waals surface area contributed by atoms with Crippen LogP contribution in [0.25, 0.3) is 0 Å². The van der Waals surface area contributed by atoms with Crippen molar-refractivity contribution in [1.29, 1.82) is 0 Å². The van der Waals surface area contributed by atoms with E-state index >= 15 is 0 Å². The van der Waals surface area contributed by atoms with Crippen molar-refractivity contribution >= 4 is 45.0 Å². The number of benzene rings is 1. The standard InChI is InChI=1S/C11H10BrCl2NO/c1-7(12)6-15-11(16)4-8-2-3-9(13)5-10(8)14/h2-3,5H,1,4,6H2,(H,15,16). The van der Waals surface area contributed by atoms with Gasteiger partial charge in [-0.25, -0.2) is 0 Å². The van der Waals surface area contributed by atoms with E-state index in [0.29, 0.717) is 16.6 Å². The first-order valence-electron chi connectivity index (χ1n) is 4.53. The van der Waals surface area contributed by atoms with Gasteiger partial charge >= 0.3 is 0 Å². The summed E-state index contributed by atoms with van der Waals surface area (Å²) in [7, 11) is 0. The lowest BCUT2D eigenvalue weighted by molar-refractivity contribution is -0.120. The Kier molecular flexibility index (Phi) is 5.32. The molecule has 86 valence electrons. The molecule has 1 aromatic rings.